The summed E-state index contributed by atoms with van der Waals surface area (Å²) in [7, 11) is 0. The van der Waals surface area contributed by atoms with Gasteiger partial charge in [-0.05, 0) is 32.1 Å². The van der Waals surface area contributed by atoms with Gasteiger partial charge >= 0.3 is 5.97 Å². The van der Waals surface area contributed by atoms with Crippen LogP contribution in [0.4, 0.5) is 0 Å². The molecule has 2 bridgehead atoms. The average molecular weight is 210 g/mol. The third-order valence-electron chi connectivity index (χ3n) is 4.74. The summed E-state index contributed by atoms with van der Waals surface area (Å²) < 4.78 is 5.81. The number of carbonyl (C=O) groups is 1. The van der Waals surface area contributed by atoms with Crippen LogP contribution in [0.15, 0.2) is 0 Å². The van der Waals surface area contributed by atoms with E-state index < -0.39 is 11.4 Å². The van der Waals surface area contributed by atoms with Crippen LogP contribution in [0.3, 0.4) is 0 Å². The van der Waals surface area contributed by atoms with Gasteiger partial charge in [-0.1, -0.05) is 12.8 Å². The predicted octanol–water partition coefficient (Wildman–Crippen LogP) is 2.20. The van der Waals surface area contributed by atoms with Crippen molar-refractivity contribution in [1.29, 1.82) is 0 Å². The third-order valence-corrected chi connectivity index (χ3v) is 4.74. The molecule has 0 aromatic heterocycles. The first-order valence-corrected chi connectivity index (χ1v) is 6.11. The molecule has 2 heterocycles. The van der Waals surface area contributed by atoms with Crippen molar-refractivity contribution >= 4 is 5.97 Å². The number of carboxylic acids is 1. The molecule has 0 amide bonds. The van der Waals surface area contributed by atoms with Crippen molar-refractivity contribution in [3.63, 3.8) is 0 Å². The van der Waals surface area contributed by atoms with Crippen LogP contribution in [-0.4, -0.2) is 23.3 Å². The average Bonchev–Trinajstić information content (AvgIpc) is 2.94. The molecule has 3 nitrogen and oxygen atoms in total. The number of aliphatic carboxylic acids is 1. The smallest absolute Gasteiger partial charge is 0.310 e. The van der Waals surface area contributed by atoms with Crippen LogP contribution in [-0.2, 0) is 9.53 Å². The molecule has 0 radical (unpaired) electrons. The van der Waals surface area contributed by atoms with Gasteiger partial charge in [-0.2, -0.15) is 0 Å². The van der Waals surface area contributed by atoms with E-state index in [1.807, 2.05) is 0 Å². The van der Waals surface area contributed by atoms with Crippen LogP contribution in [0.25, 0.3) is 0 Å². The topological polar surface area (TPSA) is 46.5 Å². The molecule has 3 aliphatic rings. The van der Waals surface area contributed by atoms with Gasteiger partial charge in [0.15, 0.2) is 0 Å². The van der Waals surface area contributed by atoms with Gasteiger partial charge in [0.25, 0.3) is 0 Å². The summed E-state index contributed by atoms with van der Waals surface area (Å²) >= 11 is 0. The lowest BCUT2D eigenvalue weighted by molar-refractivity contribution is -0.153. The molecular weight excluding hydrogens is 192 g/mol. The number of fused-ring (bicyclic) bond motifs is 2. The van der Waals surface area contributed by atoms with E-state index in [1.165, 1.54) is 0 Å². The Hall–Kier alpha value is -0.570. The summed E-state index contributed by atoms with van der Waals surface area (Å²) in [6, 6.07) is 0. The van der Waals surface area contributed by atoms with Gasteiger partial charge in [-0.3, -0.25) is 4.79 Å². The van der Waals surface area contributed by atoms with Gasteiger partial charge in [0, 0.05) is 5.92 Å². The van der Waals surface area contributed by atoms with E-state index in [0.717, 1.165) is 44.9 Å². The molecule has 3 atom stereocenters. The second-order valence-corrected chi connectivity index (χ2v) is 5.38. The van der Waals surface area contributed by atoms with Gasteiger partial charge in [0.1, 0.15) is 0 Å². The maximum absolute atomic E-state index is 11.5. The predicted molar refractivity (Wildman–Crippen MR) is 54.5 cm³/mol. The molecule has 2 aliphatic heterocycles. The minimum absolute atomic E-state index is 0.254. The number of hydrogen-bond donors (Lipinski definition) is 1. The first-order chi connectivity index (χ1) is 7.22. The number of carboxylic acid groups (broad SMARTS) is 1. The van der Waals surface area contributed by atoms with Gasteiger partial charge < -0.3 is 9.84 Å². The number of rotatable bonds is 2. The molecule has 2 saturated heterocycles. The van der Waals surface area contributed by atoms with Gasteiger partial charge in [-0.25, -0.2) is 0 Å². The Labute approximate surface area is 89.8 Å². The first kappa shape index (κ1) is 9.64. The van der Waals surface area contributed by atoms with Crippen molar-refractivity contribution in [3.8, 4) is 0 Å². The highest BCUT2D eigenvalue weighted by molar-refractivity contribution is 5.75. The van der Waals surface area contributed by atoms with E-state index in [2.05, 4.69) is 0 Å². The first-order valence-electron chi connectivity index (χ1n) is 6.11. The van der Waals surface area contributed by atoms with E-state index in [-0.39, 0.29) is 6.10 Å². The molecule has 1 aliphatic carbocycles. The summed E-state index contributed by atoms with van der Waals surface area (Å²) in [6.07, 6.45) is 7.78. The molecule has 1 saturated carbocycles. The maximum Gasteiger partial charge on any atom is 0.310 e. The Morgan fingerprint density at radius 3 is 2.47 bits per heavy atom. The highest BCUT2D eigenvalue weighted by Gasteiger charge is 2.56. The molecule has 0 aromatic rings. The van der Waals surface area contributed by atoms with Crippen molar-refractivity contribution in [2.75, 3.05) is 0 Å². The van der Waals surface area contributed by atoms with Crippen LogP contribution >= 0.6 is 0 Å². The van der Waals surface area contributed by atoms with Crippen LogP contribution in [0.2, 0.25) is 0 Å². The molecule has 3 heteroatoms. The van der Waals surface area contributed by atoms with Crippen LogP contribution in [0, 0.1) is 11.3 Å². The lowest BCUT2D eigenvalue weighted by atomic mass is 9.67. The third kappa shape index (κ3) is 1.25. The minimum atomic E-state index is -0.568. The zero-order chi connectivity index (χ0) is 10.5. The summed E-state index contributed by atoms with van der Waals surface area (Å²) in [5.74, 6) is -0.266. The van der Waals surface area contributed by atoms with Gasteiger partial charge in [-0.15, -0.1) is 0 Å². The van der Waals surface area contributed by atoms with Crippen LogP contribution < -0.4 is 0 Å². The molecule has 3 unspecified atom stereocenters. The fourth-order valence-electron chi connectivity index (χ4n) is 3.97. The highest BCUT2D eigenvalue weighted by atomic mass is 16.5. The normalized spacial score (nSPS) is 42.3. The Kier molecular flexibility index (Phi) is 2.06. The van der Waals surface area contributed by atoms with Crippen molar-refractivity contribution in [2.24, 2.45) is 11.3 Å². The van der Waals surface area contributed by atoms with Crippen molar-refractivity contribution in [3.05, 3.63) is 0 Å². The molecule has 3 fully saturated rings. The zero-order valence-corrected chi connectivity index (χ0v) is 8.95. The van der Waals surface area contributed by atoms with E-state index in [1.54, 1.807) is 0 Å². The molecule has 3 rings (SSSR count). The van der Waals surface area contributed by atoms with E-state index in [9.17, 15) is 9.90 Å². The van der Waals surface area contributed by atoms with Gasteiger partial charge in [0.2, 0.25) is 0 Å². The standard InChI is InChI=1S/C12H18O3/c13-11(14)12(5-1-2-6-12)9-7-8-3-4-10(9)15-8/h8-10H,1-7H2,(H,13,14). The van der Waals surface area contributed by atoms with Gasteiger partial charge in [0.05, 0.1) is 17.6 Å². The highest BCUT2D eigenvalue weighted by Crippen LogP contribution is 2.54. The van der Waals surface area contributed by atoms with Crippen molar-refractivity contribution in [1.82, 2.24) is 0 Å². The fourth-order valence-corrected chi connectivity index (χ4v) is 3.97. The second kappa shape index (κ2) is 3.21. The lowest BCUT2D eigenvalue weighted by Crippen LogP contribution is -2.41. The Morgan fingerprint density at radius 2 is 2.00 bits per heavy atom. The molecule has 84 valence electrons. The van der Waals surface area contributed by atoms with Crippen molar-refractivity contribution < 1.29 is 14.6 Å². The summed E-state index contributed by atoms with van der Waals surface area (Å²) in [5.41, 5.74) is -0.431. The fraction of sp³-hybridized carbons (Fsp3) is 0.917. The summed E-state index contributed by atoms with van der Waals surface area (Å²) in [4.78, 5) is 11.5. The SMILES string of the molecule is O=C(O)C1(C2CC3CCC2O3)CCCC1. The second-order valence-electron chi connectivity index (χ2n) is 5.38. The molecule has 0 spiro atoms. The van der Waals surface area contributed by atoms with E-state index in [4.69, 9.17) is 4.74 Å². The molecule has 0 aromatic carbocycles. The van der Waals surface area contributed by atoms with E-state index in [0.29, 0.717) is 12.0 Å². The molecular formula is C12H18O3. The molecule has 1 N–H and O–H groups in total. The minimum Gasteiger partial charge on any atom is -0.481 e. The van der Waals surface area contributed by atoms with E-state index >= 15 is 0 Å². The summed E-state index contributed by atoms with van der Waals surface area (Å²) in [5, 5.41) is 9.50. The summed E-state index contributed by atoms with van der Waals surface area (Å²) in [6.45, 7) is 0. The number of ether oxygens (including phenoxy) is 1. The van der Waals surface area contributed by atoms with Crippen LogP contribution in [0.5, 0.6) is 0 Å². The maximum atomic E-state index is 11.5. The number of hydrogen-bond acceptors (Lipinski definition) is 2. The van der Waals surface area contributed by atoms with Crippen molar-refractivity contribution in [2.45, 2.75) is 57.2 Å². The zero-order valence-electron chi connectivity index (χ0n) is 8.95. The Balaban J connectivity index is 1.87. The Morgan fingerprint density at radius 1 is 1.27 bits per heavy atom. The largest absolute Gasteiger partial charge is 0.481 e. The Bertz CT molecular complexity index is 281. The van der Waals surface area contributed by atoms with Crippen LogP contribution in [0.1, 0.15) is 44.9 Å². The monoisotopic (exact) mass is 210 g/mol. The molecule has 15 heavy (non-hydrogen) atoms. The lowest BCUT2D eigenvalue weighted by Gasteiger charge is -2.34. The quantitative estimate of drug-likeness (QED) is 0.760.